The highest BCUT2D eigenvalue weighted by atomic mass is 16.5. The van der Waals surface area contributed by atoms with E-state index < -0.39 is 0 Å². The lowest BCUT2D eigenvalue weighted by Crippen LogP contribution is -2.07. The molecule has 0 heterocycles. The first kappa shape index (κ1) is 15.7. The summed E-state index contributed by atoms with van der Waals surface area (Å²) in [6, 6.07) is 20.8. The number of hydrogen-bond donors (Lipinski definition) is 1. The van der Waals surface area contributed by atoms with Gasteiger partial charge in [0.2, 0.25) is 0 Å². The second-order valence-electron chi connectivity index (χ2n) is 5.23. The Morgan fingerprint density at radius 3 is 2.19 bits per heavy atom. The Labute approximate surface area is 127 Å². The maximum absolute atomic E-state index is 9.03. The number of hydrogen-bond acceptors (Lipinski definition) is 2. The van der Waals surface area contributed by atoms with Gasteiger partial charge in [-0.1, -0.05) is 60.7 Å². The molecule has 0 aliphatic rings. The number of rotatable bonds is 9. The molecule has 112 valence electrons. The van der Waals surface area contributed by atoms with E-state index in [2.05, 4.69) is 36.4 Å². The molecule has 2 aromatic carbocycles. The minimum atomic E-state index is 0.0918. The molecule has 0 saturated heterocycles. The SMILES string of the molecule is OCCCC(OCCCc1ccccc1)c1ccccc1. The summed E-state index contributed by atoms with van der Waals surface area (Å²) in [5.41, 5.74) is 2.55. The van der Waals surface area contributed by atoms with Crippen LogP contribution in [0.15, 0.2) is 60.7 Å². The van der Waals surface area contributed by atoms with Gasteiger partial charge in [-0.15, -0.1) is 0 Å². The average molecular weight is 284 g/mol. The predicted molar refractivity (Wildman–Crippen MR) is 86.2 cm³/mol. The normalized spacial score (nSPS) is 12.2. The van der Waals surface area contributed by atoms with Crippen LogP contribution in [0.5, 0.6) is 0 Å². The first-order chi connectivity index (χ1) is 10.4. The van der Waals surface area contributed by atoms with Crippen LogP contribution in [0.2, 0.25) is 0 Å². The van der Waals surface area contributed by atoms with Crippen LogP contribution in [0.1, 0.15) is 36.5 Å². The summed E-state index contributed by atoms with van der Waals surface area (Å²) in [7, 11) is 0. The minimum absolute atomic E-state index is 0.0918. The van der Waals surface area contributed by atoms with E-state index in [1.807, 2.05) is 24.3 Å². The van der Waals surface area contributed by atoms with E-state index in [1.165, 1.54) is 11.1 Å². The molecule has 0 saturated carbocycles. The molecule has 0 bridgehead atoms. The Morgan fingerprint density at radius 1 is 0.857 bits per heavy atom. The van der Waals surface area contributed by atoms with Crippen LogP contribution in [0, 0.1) is 0 Å². The fraction of sp³-hybridized carbons (Fsp3) is 0.368. The Bertz CT molecular complexity index is 481. The van der Waals surface area contributed by atoms with Gasteiger partial charge >= 0.3 is 0 Å². The van der Waals surface area contributed by atoms with E-state index in [9.17, 15) is 0 Å². The average Bonchev–Trinajstić information content (AvgIpc) is 2.56. The van der Waals surface area contributed by atoms with Crippen LogP contribution in [0.4, 0.5) is 0 Å². The van der Waals surface area contributed by atoms with Crippen LogP contribution >= 0.6 is 0 Å². The lowest BCUT2D eigenvalue weighted by molar-refractivity contribution is 0.0405. The molecular weight excluding hydrogens is 260 g/mol. The molecule has 0 aliphatic carbocycles. The van der Waals surface area contributed by atoms with Gasteiger partial charge in [-0.3, -0.25) is 0 Å². The molecule has 1 atom stereocenters. The number of benzene rings is 2. The van der Waals surface area contributed by atoms with Gasteiger partial charge < -0.3 is 9.84 Å². The van der Waals surface area contributed by atoms with E-state index >= 15 is 0 Å². The summed E-state index contributed by atoms with van der Waals surface area (Å²) < 4.78 is 6.04. The molecule has 2 aromatic rings. The first-order valence-corrected chi connectivity index (χ1v) is 7.71. The molecule has 0 aromatic heterocycles. The standard InChI is InChI=1S/C19H24O2/c20-15-7-14-19(18-12-5-2-6-13-18)21-16-8-11-17-9-3-1-4-10-17/h1-6,9-10,12-13,19-20H,7-8,11,14-16H2. The molecule has 1 unspecified atom stereocenters. The quantitative estimate of drug-likeness (QED) is 0.701. The minimum Gasteiger partial charge on any atom is -0.396 e. The molecule has 2 nitrogen and oxygen atoms in total. The Balaban J connectivity index is 1.79. The van der Waals surface area contributed by atoms with Crippen molar-refractivity contribution in [1.29, 1.82) is 0 Å². The molecule has 0 fully saturated rings. The Hall–Kier alpha value is -1.64. The number of aryl methyl sites for hydroxylation is 1. The lowest BCUT2D eigenvalue weighted by atomic mass is 10.0. The lowest BCUT2D eigenvalue weighted by Gasteiger charge is -2.18. The molecule has 21 heavy (non-hydrogen) atoms. The molecule has 0 spiro atoms. The van der Waals surface area contributed by atoms with Crippen molar-refractivity contribution in [1.82, 2.24) is 0 Å². The smallest absolute Gasteiger partial charge is 0.0825 e. The van der Waals surface area contributed by atoms with Gasteiger partial charge in [0.1, 0.15) is 0 Å². The third-order valence-electron chi connectivity index (χ3n) is 3.57. The molecule has 0 radical (unpaired) electrons. The third-order valence-corrected chi connectivity index (χ3v) is 3.57. The zero-order chi connectivity index (χ0) is 14.8. The van der Waals surface area contributed by atoms with Gasteiger partial charge in [0, 0.05) is 13.2 Å². The number of aliphatic hydroxyl groups is 1. The maximum atomic E-state index is 9.03. The van der Waals surface area contributed by atoms with Gasteiger partial charge in [-0.2, -0.15) is 0 Å². The summed E-state index contributed by atoms with van der Waals surface area (Å²) in [5.74, 6) is 0. The van der Waals surface area contributed by atoms with E-state index in [-0.39, 0.29) is 12.7 Å². The summed E-state index contributed by atoms with van der Waals surface area (Å²) in [6.07, 6.45) is 3.80. The van der Waals surface area contributed by atoms with Crippen molar-refractivity contribution < 1.29 is 9.84 Å². The van der Waals surface area contributed by atoms with Crippen molar-refractivity contribution in [3.63, 3.8) is 0 Å². The van der Waals surface area contributed by atoms with Gasteiger partial charge in [0.05, 0.1) is 6.10 Å². The largest absolute Gasteiger partial charge is 0.396 e. The second kappa shape index (κ2) is 9.32. The van der Waals surface area contributed by atoms with Crippen molar-refractivity contribution in [2.75, 3.05) is 13.2 Å². The van der Waals surface area contributed by atoms with E-state index in [4.69, 9.17) is 9.84 Å². The fourth-order valence-electron chi connectivity index (χ4n) is 2.44. The summed E-state index contributed by atoms with van der Waals surface area (Å²) in [5, 5.41) is 9.03. The van der Waals surface area contributed by atoms with Crippen LogP contribution in [0.25, 0.3) is 0 Å². The highest BCUT2D eigenvalue weighted by Crippen LogP contribution is 2.22. The fourth-order valence-corrected chi connectivity index (χ4v) is 2.44. The van der Waals surface area contributed by atoms with Crippen molar-refractivity contribution >= 4 is 0 Å². The Morgan fingerprint density at radius 2 is 1.52 bits per heavy atom. The first-order valence-electron chi connectivity index (χ1n) is 7.71. The molecule has 0 amide bonds. The van der Waals surface area contributed by atoms with Crippen molar-refractivity contribution in [3.8, 4) is 0 Å². The van der Waals surface area contributed by atoms with Crippen molar-refractivity contribution in [2.24, 2.45) is 0 Å². The molecule has 2 heteroatoms. The van der Waals surface area contributed by atoms with E-state index in [1.54, 1.807) is 0 Å². The monoisotopic (exact) mass is 284 g/mol. The zero-order valence-electron chi connectivity index (χ0n) is 12.4. The Kier molecular flexibility index (Phi) is 6.99. The van der Waals surface area contributed by atoms with Crippen molar-refractivity contribution in [3.05, 3.63) is 71.8 Å². The van der Waals surface area contributed by atoms with Gasteiger partial charge in [-0.25, -0.2) is 0 Å². The van der Waals surface area contributed by atoms with Gasteiger partial charge in [0.25, 0.3) is 0 Å². The van der Waals surface area contributed by atoms with Crippen LogP contribution in [-0.4, -0.2) is 18.3 Å². The van der Waals surface area contributed by atoms with Gasteiger partial charge in [-0.05, 0) is 36.8 Å². The molecule has 1 N–H and O–H groups in total. The maximum Gasteiger partial charge on any atom is 0.0825 e. The van der Waals surface area contributed by atoms with Gasteiger partial charge in [0.15, 0.2) is 0 Å². The topological polar surface area (TPSA) is 29.5 Å². The molecule has 0 aliphatic heterocycles. The highest BCUT2D eigenvalue weighted by Gasteiger charge is 2.11. The van der Waals surface area contributed by atoms with Crippen LogP contribution in [-0.2, 0) is 11.2 Å². The highest BCUT2D eigenvalue weighted by molar-refractivity contribution is 5.17. The number of aliphatic hydroxyl groups excluding tert-OH is 1. The summed E-state index contributed by atoms with van der Waals surface area (Å²) in [4.78, 5) is 0. The third kappa shape index (κ3) is 5.70. The van der Waals surface area contributed by atoms with Crippen LogP contribution < -0.4 is 0 Å². The number of ether oxygens (including phenoxy) is 1. The zero-order valence-corrected chi connectivity index (χ0v) is 12.4. The molecule has 2 rings (SSSR count). The van der Waals surface area contributed by atoms with Crippen LogP contribution in [0.3, 0.4) is 0 Å². The predicted octanol–water partition coefficient (Wildman–Crippen LogP) is 4.15. The summed E-state index contributed by atoms with van der Waals surface area (Å²) in [6.45, 7) is 0.969. The van der Waals surface area contributed by atoms with E-state index in [0.717, 1.165) is 32.3 Å². The summed E-state index contributed by atoms with van der Waals surface area (Å²) >= 11 is 0. The molecular formula is C19H24O2. The van der Waals surface area contributed by atoms with E-state index in [0.29, 0.717) is 0 Å². The second-order valence-corrected chi connectivity index (χ2v) is 5.23. The van der Waals surface area contributed by atoms with Crippen molar-refractivity contribution in [2.45, 2.75) is 31.8 Å².